The van der Waals surface area contributed by atoms with Crippen LogP contribution in [0.3, 0.4) is 0 Å². The highest BCUT2D eigenvalue weighted by atomic mass is 19.4. The lowest BCUT2D eigenvalue weighted by atomic mass is 10.1. The van der Waals surface area contributed by atoms with E-state index in [2.05, 4.69) is 13.2 Å². The Bertz CT molecular complexity index is 795. The molecule has 152 valence electrons. The molecule has 9 heteroatoms. The maximum absolute atomic E-state index is 13.2. The van der Waals surface area contributed by atoms with Gasteiger partial charge in [-0.3, -0.25) is 4.79 Å². The number of rotatable bonds is 8. The van der Waals surface area contributed by atoms with Crippen molar-refractivity contribution >= 4 is 17.9 Å². The molecule has 1 aromatic carbocycles. The average molecular weight is 400 g/mol. The maximum atomic E-state index is 13.2. The molecule has 0 heterocycles. The third-order valence-electron chi connectivity index (χ3n) is 3.15. The molecule has 0 aliphatic carbocycles. The fourth-order valence-electron chi connectivity index (χ4n) is 1.76. The molecule has 0 spiro atoms. The molecule has 0 aromatic heterocycles. The Morgan fingerprint density at radius 1 is 1.00 bits per heavy atom. The van der Waals surface area contributed by atoms with Crippen LogP contribution in [0.15, 0.2) is 42.5 Å². The number of alkyl halides is 3. The first-order valence-electron chi connectivity index (χ1n) is 8.04. The SMILES string of the molecule is C=C(C)C(=O)OCCCC(=O)Oc1ccc(OC(=O)C(=C)C)cc1C(F)(F)F. The van der Waals surface area contributed by atoms with Crippen LogP contribution in [0.25, 0.3) is 0 Å². The number of carbonyl (C=O) groups excluding carboxylic acids is 3. The summed E-state index contributed by atoms with van der Waals surface area (Å²) < 4.78 is 54.0. The van der Waals surface area contributed by atoms with E-state index in [4.69, 9.17) is 14.2 Å². The highest BCUT2D eigenvalue weighted by Gasteiger charge is 2.35. The molecule has 0 amide bonds. The van der Waals surface area contributed by atoms with Crippen LogP contribution in [-0.4, -0.2) is 24.5 Å². The monoisotopic (exact) mass is 400 g/mol. The molecule has 0 unspecified atom stereocenters. The Kier molecular flexibility index (Phi) is 7.97. The van der Waals surface area contributed by atoms with E-state index in [0.717, 1.165) is 12.1 Å². The molecule has 0 saturated heterocycles. The Hall–Kier alpha value is -3.10. The second-order valence-corrected chi connectivity index (χ2v) is 5.82. The largest absolute Gasteiger partial charge is 0.462 e. The molecule has 6 nitrogen and oxygen atoms in total. The lowest BCUT2D eigenvalue weighted by Gasteiger charge is -2.14. The molecule has 0 atom stereocenters. The van der Waals surface area contributed by atoms with Crippen molar-refractivity contribution in [2.45, 2.75) is 32.9 Å². The smallest absolute Gasteiger partial charge is 0.420 e. The van der Waals surface area contributed by atoms with Gasteiger partial charge in [0.15, 0.2) is 0 Å². The van der Waals surface area contributed by atoms with Crippen molar-refractivity contribution in [3.05, 3.63) is 48.1 Å². The van der Waals surface area contributed by atoms with Crippen molar-refractivity contribution in [3.63, 3.8) is 0 Å². The number of hydrogen-bond donors (Lipinski definition) is 0. The van der Waals surface area contributed by atoms with Crippen molar-refractivity contribution in [3.8, 4) is 11.5 Å². The summed E-state index contributed by atoms with van der Waals surface area (Å²) in [5.41, 5.74) is -1.08. The van der Waals surface area contributed by atoms with Gasteiger partial charge in [0.2, 0.25) is 0 Å². The first-order valence-corrected chi connectivity index (χ1v) is 8.04. The summed E-state index contributed by atoms with van der Waals surface area (Å²) in [7, 11) is 0. The fraction of sp³-hybridized carbons (Fsp3) is 0.316. The second-order valence-electron chi connectivity index (χ2n) is 5.82. The van der Waals surface area contributed by atoms with Gasteiger partial charge < -0.3 is 14.2 Å². The van der Waals surface area contributed by atoms with Gasteiger partial charge in [-0.2, -0.15) is 13.2 Å². The van der Waals surface area contributed by atoms with E-state index >= 15 is 0 Å². The molecule has 0 fully saturated rings. The van der Waals surface area contributed by atoms with Gasteiger partial charge in [-0.05, 0) is 38.5 Å². The van der Waals surface area contributed by atoms with Crippen molar-refractivity contribution in [1.82, 2.24) is 0 Å². The predicted octanol–water partition coefficient (Wildman–Crippen LogP) is 3.99. The predicted molar refractivity (Wildman–Crippen MR) is 92.5 cm³/mol. The summed E-state index contributed by atoms with van der Waals surface area (Å²) in [5.74, 6) is -3.56. The summed E-state index contributed by atoms with van der Waals surface area (Å²) in [6.07, 6.45) is -5.06. The Balaban J connectivity index is 2.79. The minimum absolute atomic E-state index is 0.0106. The fourth-order valence-corrected chi connectivity index (χ4v) is 1.76. The van der Waals surface area contributed by atoms with E-state index in [0.29, 0.717) is 6.07 Å². The topological polar surface area (TPSA) is 78.9 Å². The van der Waals surface area contributed by atoms with Crippen LogP contribution >= 0.6 is 0 Å². The highest BCUT2D eigenvalue weighted by Crippen LogP contribution is 2.38. The molecule has 0 aliphatic rings. The van der Waals surface area contributed by atoms with E-state index in [1.807, 2.05) is 0 Å². The van der Waals surface area contributed by atoms with Gasteiger partial charge in [0.1, 0.15) is 17.1 Å². The second kappa shape index (κ2) is 9.72. The summed E-state index contributed by atoms with van der Waals surface area (Å²) in [5, 5.41) is 0. The normalized spacial score (nSPS) is 10.8. The standard InChI is InChI=1S/C19H19F3O6/c1-11(2)17(24)26-9-5-6-16(23)28-15-8-7-13(27-18(25)12(3)4)10-14(15)19(20,21)22/h7-8,10H,1,3,5-6,9H2,2,4H3. The summed E-state index contributed by atoms with van der Waals surface area (Å²) in [6, 6.07) is 2.49. The first-order chi connectivity index (χ1) is 12.9. The van der Waals surface area contributed by atoms with Crippen molar-refractivity contribution in [1.29, 1.82) is 0 Å². The van der Waals surface area contributed by atoms with Crippen LogP contribution < -0.4 is 9.47 Å². The Labute approximate surface area is 159 Å². The summed E-state index contributed by atoms with van der Waals surface area (Å²) >= 11 is 0. The molecule has 0 saturated carbocycles. The molecule has 0 N–H and O–H groups in total. The number of esters is 3. The zero-order chi connectivity index (χ0) is 21.5. The Morgan fingerprint density at radius 3 is 2.14 bits per heavy atom. The van der Waals surface area contributed by atoms with Crippen LogP contribution in [0.1, 0.15) is 32.3 Å². The van der Waals surface area contributed by atoms with Crippen LogP contribution in [0.5, 0.6) is 11.5 Å². The molecular weight excluding hydrogens is 381 g/mol. The third kappa shape index (κ3) is 7.26. The Morgan fingerprint density at radius 2 is 1.61 bits per heavy atom. The molecule has 1 rings (SSSR count). The van der Waals surface area contributed by atoms with E-state index in [9.17, 15) is 27.6 Å². The molecule has 28 heavy (non-hydrogen) atoms. The van der Waals surface area contributed by atoms with Gasteiger partial charge >= 0.3 is 24.1 Å². The average Bonchev–Trinajstić information content (AvgIpc) is 2.58. The van der Waals surface area contributed by atoms with Gasteiger partial charge in [0.25, 0.3) is 0 Å². The van der Waals surface area contributed by atoms with Crippen molar-refractivity contribution < 1.29 is 41.8 Å². The van der Waals surface area contributed by atoms with E-state index < -0.39 is 35.4 Å². The minimum Gasteiger partial charge on any atom is -0.462 e. The molecule has 0 aliphatic heterocycles. The number of benzene rings is 1. The highest BCUT2D eigenvalue weighted by molar-refractivity contribution is 5.89. The zero-order valence-corrected chi connectivity index (χ0v) is 15.4. The lowest BCUT2D eigenvalue weighted by molar-refractivity contribution is -0.144. The number of carbonyl (C=O) groups is 3. The minimum atomic E-state index is -4.85. The maximum Gasteiger partial charge on any atom is 0.420 e. The summed E-state index contributed by atoms with van der Waals surface area (Å²) in [4.78, 5) is 34.4. The van der Waals surface area contributed by atoms with Crippen LogP contribution in [0.4, 0.5) is 13.2 Å². The third-order valence-corrected chi connectivity index (χ3v) is 3.15. The summed E-state index contributed by atoms with van der Waals surface area (Å²) in [6.45, 7) is 9.40. The van der Waals surface area contributed by atoms with E-state index in [1.54, 1.807) is 0 Å². The number of hydrogen-bond acceptors (Lipinski definition) is 6. The van der Waals surface area contributed by atoms with Crippen LogP contribution in [0.2, 0.25) is 0 Å². The number of ether oxygens (including phenoxy) is 3. The van der Waals surface area contributed by atoms with Crippen LogP contribution in [-0.2, 0) is 25.3 Å². The van der Waals surface area contributed by atoms with Gasteiger partial charge in [-0.1, -0.05) is 13.2 Å². The molecule has 0 radical (unpaired) electrons. The first kappa shape index (κ1) is 22.9. The van der Waals surface area contributed by atoms with Gasteiger partial charge in [0, 0.05) is 17.6 Å². The van der Waals surface area contributed by atoms with Crippen molar-refractivity contribution in [2.24, 2.45) is 0 Å². The molecule has 1 aromatic rings. The quantitative estimate of drug-likeness (QED) is 0.284. The number of halogens is 3. The van der Waals surface area contributed by atoms with Crippen LogP contribution in [0, 0.1) is 0 Å². The van der Waals surface area contributed by atoms with Gasteiger partial charge in [-0.15, -0.1) is 0 Å². The molecule has 0 bridgehead atoms. The zero-order valence-electron chi connectivity index (χ0n) is 15.4. The lowest BCUT2D eigenvalue weighted by Crippen LogP contribution is -2.15. The van der Waals surface area contributed by atoms with Crippen molar-refractivity contribution in [2.75, 3.05) is 6.61 Å². The van der Waals surface area contributed by atoms with E-state index in [-0.39, 0.29) is 36.3 Å². The van der Waals surface area contributed by atoms with Gasteiger partial charge in [-0.25, -0.2) is 9.59 Å². The van der Waals surface area contributed by atoms with E-state index in [1.165, 1.54) is 13.8 Å². The molecular formula is C19H19F3O6. The van der Waals surface area contributed by atoms with Gasteiger partial charge in [0.05, 0.1) is 6.61 Å².